The van der Waals surface area contributed by atoms with Gasteiger partial charge in [0.2, 0.25) is 0 Å². The molecule has 1 fully saturated rings. The maximum Gasteiger partial charge on any atom is 0.123 e. The van der Waals surface area contributed by atoms with Gasteiger partial charge in [-0.25, -0.2) is 4.39 Å². The van der Waals surface area contributed by atoms with Crippen molar-refractivity contribution in [2.45, 2.75) is 13.0 Å². The third-order valence-electron chi connectivity index (χ3n) is 4.60. The molecule has 1 aliphatic rings. The lowest BCUT2D eigenvalue weighted by atomic mass is 10.2. The summed E-state index contributed by atoms with van der Waals surface area (Å²) in [4.78, 5) is 4.46. The Kier molecular flexibility index (Phi) is 6.35. The number of aliphatic hydroxyl groups excluding tert-OH is 1. The molecular weight excluding hydrogens is 355 g/mol. The summed E-state index contributed by atoms with van der Waals surface area (Å²) in [7, 11) is 0. The lowest BCUT2D eigenvalue weighted by molar-refractivity contribution is 0.0661. The number of benzene rings is 2. The van der Waals surface area contributed by atoms with E-state index in [0.29, 0.717) is 11.6 Å². The molecule has 0 bridgehead atoms. The molecule has 6 heteroatoms. The van der Waals surface area contributed by atoms with Crippen molar-refractivity contribution >= 4 is 17.3 Å². The molecule has 1 N–H and O–H groups in total. The lowest BCUT2D eigenvalue weighted by Gasteiger charge is -2.36. The molecule has 26 heavy (non-hydrogen) atoms. The first-order chi connectivity index (χ1) is 12.5. The molecule has 0 radical (unpaired) electrons. The molecule has 0 spiro atoms. The Morgan fingerprint density at radius 1 is 1.12 bits per heavy atom. The van der Waals surface area contributed by atoms with Crippen molar-refractivity contribution in [3.05, 3.63) is 58.9 Å². The summed E-state index contributed by atoms with van der Waals surface area (Å²) in [5.74, 6) is 0.529. The van der Waals surface area contributed by atoms with Crippen LogP contribution in [0.25, 0.3) is 0 Å². The van der Waals surface area contributed by atoms with E-state index in [9.17, 15) is 9.50 Å². The van der Waals surface area contributed by atoms with Crippen LogP contribution in [0.1, 0.15) is 5.56 Å². The van der Waals surface area contributed by atoms with Crippen molar-refractivity contribution < 1.29 is 14.2 Å². The zero-order valence-corrected chi connectivity index (χ0v) is 15.6. The van der Waals surface area contributed by atoms with Crippen molar-refractivity contribution in [1.29, 1.82) is 0 Å². The number of ether oxygens (including phenoxy) is 1. The molecule has 1 saturated heterocycles. The van der Waals surface area contributed by atoms with Gasteiger partial charge in [-0.15, -0.1) is 0 Å². The number of halogens is 2. The largest absolute Gasteiger partial charge is 0.491 e. The van der Waals surface area contributed by atoms with E-state index in [1.165, 1.54) is 12.1 Å². The summed E-state index contributed by atoms with van der Waals surface area (Å²) < 4.78 is 18.7. The molecule has 1 heterocycles. The van der Waals surface area contributed by atoms with Crippen LogP contribution in [0.2, 0.25) is 5.02 Å². The topological polar surface area (TPSA) is 35.9 Å². The van der Waals surface area contributed by atoms with Crippen LogP contribution in [0.5, 0.6) is 5.75 Å². The van der Waals surface area contributed by atoms with Gasteiger partial charge >= 0.3 is 0 Å². The number of hydrogen-bond donors (Lipinski definition) is 1. The fourth-order valence-electron chi connectivity index (χ4n) is 3.15. The second-order valence-corrected chi connectivity index (χ2v) is 7.08. The highest BCUT2D eigenvalue weighted by atomic mass is 35.5. The van der Waals surface area contributed by atoms with Gasteiger partial charge in [-0.2, -0.15) is 0 Å². The van der Waals surface area contributed by atoms with Crippen LogP contribution >= 0.6 is 11.6 Å². The zero-order valence-electron chi connectivity index (χ0n) is 14.9. The van der Waals surface area contributed by atoms with E-state index in [2.05, 4.69) is 9.80 Å². The first-order valence-electron chi connectivity index (χ1n) is 8.81. The van der Waals surface area contributed by atoms with Crippen molar-refractivity contribution in [1.82, 2.24) is 4.90 Å². The molecule has 2 aromatic carbocycles. The second kappa shape index (κ2) is 8.71. The third kappa shape index (κ3) is 5.10. The van der Waals surface area contributed by atoms with Crippen LogP contribution in [0.4, 0.5) is 10.1 Å². The molecule has 0 saturated carbocycles. The van der Waals surface area contributed by atoms with Crippen molar-refractivity contribution in [2.24, 2.45) is 0 Å². The SMILES string of the molecule is Cc1cc(Cl)ccc1OC[C@@H](O)CN1CCN(c2ccc(F)cc2)CC1. The summed E-state index contributed by atoms with van der Waals surface area (Å²) in [5.41, 5.74) is 1.99. The van der Waals surface area contributed by atoms with Gasteiger partial charge in [0.1, 0.15) is 24.3 Å². The van der Waals surface area contributed by atoms with E-state index in [1.54, 1.807) is 6.07 Å². The monoisotopic (exact) mass is 378 g/mol. The van der Waals surface area contributed by atoms with Gasteiger partial charge in [0, 0.05) is 43.4 Å². The Bertz CT molecular complexity index is 718. The van der Waals surface area contributed by atoms with Crippen LogP contribution in [0.15, 0.2) is 42.5 Å². The minimum Gasteiger partial charge on any atom is -0.491 e. The average molecular weight is 379 g/mol. The van der Waals surface area contributed by atoms with E-state index in [1.807, 2.05) is 31.2 Å². The maximum absolute atomic E-state index is 13.0. The minimum absolute atomic E-state index is 0.216. The molecule has 0 aliphatic carbocycles. The Morgan fingerprint density at radius 3 is 2.46 bits per heavy atom. The van der Waals surface area contributed by atoms with Crippen molar-refractivity contribution in [3.63, 3.8) is 0 Å². The van der Waals surface area contributed by atoms with E-state index in [4.69, 9.17) is 16.3 Å². The summed E-state index contributed by atoms with van der Waals surface area (Å²) >= 11 is 5.94. The maximum atomic E-state index is 13.0. The van der Waals surface area contributed by atoms with Crippen LogP contribution in [-0.2, 0) is 0 Å². The fourth-order valence-corrected chi connectivity index (χ4v) is 3.38. The molecule has 1 atom stereocenters. The van der Waals surface area contributed by atoms with Crippen LogP contribution in [-0.4, -0.2) is 55.4 Å². The molecule has 140 valence electrons. The number of piperazine rings is 1. The number of rotatable bonds is 6. The Hall–Kier alpha value is -1.82. The summed E-state index contributed by atoms with van der Waals surface area (Å²) in [6.45, 7) is 6.18. The third-order valence-corrected chi connectivity index (χ3v) is 4.84. The number of aryl methyl sites for hydroxylation is 1. The van der Waals surface area contributed by atoms with Crippen LogP contribution in [0, 0.1) is 12.7 Å². The molecule has 4 nitrogen and oxygen atoms in total. The summed E-state index contributed by atoms with van der Waals surface area (Å²) in [5, 5.41) is 10.9. The fraction of sp³-hybridized carbons (Fsp3) is 0.400. The van der Waals surface area contributed by atoms with Gasteiger partial charge in [-0.1, -0.05) is 11.6 Å². The predicted molar refractivity (Wildman–Crippen MR) is 103 cm³/mol. The molecule has 0 unspecified atom stereocenters. The van der Waals surface area contributed by atoms with Gasteiger partial charge in [-0.3, -0.25) is 4.90 Å². The molecular formula is C20H24ClFN2O2. The zero-order chi connectivity index (χ0) is 18.5. The smallest absolute Gasteiger partial charge is 0.123 e. The highest BCUT2D eigenvalue weighted by molar-refractivity contribution is 6.30. The summed E-state index contributed by atoms with van der Waals surface area (Å²) in [6, 6.07) is 12.0. The highest BCUT2D eigenvalue weighted by Crippen LogP contribution is 2.22. The highest BCUT2D eigenvalue weighted by Gasteiger charge is 2.20. The van der Waals surface area contributed by atoms with Gasteiger partial charge in [0.15, 0.2) is 0 Å². The number of hydrogen-bond acceptors (Lipinski definition) is 4. The quantitative estimate of drug-likeness (QED) is 0.836. The Balaban J connectivity index is 1.43. The molecule has 0 amide bonds. The van der Waals surface area contributed by atoms with Gasteiger partial charge in [-0.05, 0) is 55.0 Å². The first kappa shape index (κ1) is 19.0. The standard InChI is InChI=1S/C20H24ClFN2O2/c1-15-12-16(21)2-7-20(15)26-14-19(25)13-23-8-10-24(11-9-23)18-5-3-17(22)4-6-18/h2-7,12,19,25H,8-11,13-14H2,1H3/t19-/m0/s1. The Morgan fingerprint density at radius 2 is 1.81 bits per heavy atom. The number of aliphatic hydroxyl groups is 1. The molecule has 3 rings (SSSR count). The van der Waals surface area contributed by atoms with Gasteiger partial charge < -0.3 is 14.7 Å². The molecule has 1 aliphatic heterocycles. The number of β-amino-alcohol motifs (C(OH)–C–C–N with tert-alkyl or cyclic N) is 1. The van der Waals surface area contributed by atoms with Gasteiger partial charge in [0.25, 0.3) is 0 Å². The lowest BCUT2D eigenvalue weighted by Crippen LogP contribution is -2.49. The minimum atomic E-state index is -0.553. The first-order valence-corrected chi connectivity index (χ1v) is 9.19. The number of anilines is 1. The van der Waals surface area contributed by atoms with E-state index < -0.39 is 6.10 Å². The Labute approximate surface area is 158 Å². The van der Waals surface area contributed by atoms with Crippen molar-refractivity contribution in [2.75, 3.05) is 44.2 Å². The second-order valence-electron chi connectivity index (χ2n) is 6.64. The van der Waals surface area contributed by atoms with Crippen LogP contribution in [0.3, 0.4) is 0 Å². The van der Waals surface area contributed by atoms with Crippen molar-refractivity contribution in [3.8, 4) is 5.75 Å². The van der Waals surface area contributed by atoms with E-state index in [0.717, 1.165) is 43.2 Å². The van der Waals surface area contributed by atoms with Crippen LogP contribution < -0.4 is 9.64 Å². The van der Waals surface area contributed by atoms with Gasteiger partial charge in [0.05, 0.1) is 0 Å². The summed E-state index contributed by atoms with van der Waals surface area (Å²) in [6.07, 6.45) is -0.553. The van der Waals surface area contributed by atoms with E-state index in [-0.39, 0.29) is 12.4 Å². The molecule has 0 aromatic heterocycles. The van der Waals surface area contributed by atoms with E-state index >= 15 is 0 Å². The number of nitrogens with zero attached hydrogens (tertiary/aromatic N) is 2. The average Bonchev–Trinajstić information content (AvgIpc) is 2.62. The predicted octanol–water partition coefficient (Wildman–Crippen LogP) is 3.35. The normalized spacial score (nSPS) is 16.5. The molecule has 2 aromatic rings.